The molecule has 6 heteroatoms. The number of aromatic nitrogens is 1. The van der Waals surface area contributed by atoms with Crippen LogP contribution >= 0.6 is 0 Å². The Morgan fingerprint density at radius 1 is 0.972 bits per heavy atom. The first-order chi connectivity index (χ1) is 17.5. The van der Waals surface area contributed by atoms with E-state index in [0.717, 1.165) is 34.2 Å². The van der Waals surface area contributed by atoms with E-state index >= 15 is 0 Å². The molecule has 5 rings (SSSR count). The van der Waals surface area contributed by atoms with Crippen LogP contribution < -0.4 is 10.1 Å². The van der Waals surface area contributed by atoms with Gasteiger partial charge in [-0.05, 0) is 48.7 Å². The number of para-hydroxylation sites is 1. The Labute approximate surface area is 211 Å². The minimum Gasteiger partial charge on any atom is -0.494 e. The molecule has 1 aromatic heterocycles. The van der Waals surface area contributed by atoms with Gasteiger partial charge in [0.1, 0.15) is 17.0 Å². The van der Waals surface area contributed by atoms with Crippen molar-refractivity contribution in [3.05, 3.63) is 102 Å². The van der Waals surface area contributed by atoms with Crippen molar-refractivity contribution in [2.45, 2.75) is 45.4 Å². The van der Waals surface area contributed by atoms with Crippen LogP contribution in [0.1, 0.15) is 41.9 Å². The lowest BCUT2D eigenvalue weighted by atomic mass is 9.93. The van der Waals surface area contributed by atoms with E-state index in [2.05, 4.69) is 12.2 Å². The third kappa shape index (κ3) is 4.47. The number of fused-ring (bicyclic) bond motifs is 3. The van der Waals surface area contributed by atoms with Gasteiger partial charge in [0, 0.05) is 24.0 Å². The molecule has 0 bridgehead atoms. The predicted molar refractivity (Wildman–Crippen MR) is 141 cm³/mol. The van der Waals surface area contributed by atoms with Gasteiger partial charge < -0.3 is 19.5 Å². The van der Waals surface area contributed by atoms with Crippen molar-refractivity contribution in [2.75, 3.05) is 6.61 Å². The van der Waals surface area contributed by atoms with Gasteiger partial charge in [0.2, 0.25) is 5.91 Å². The third-order valence-electron chi connectivity index (χ3n) is 6.86. The van der Waals surface area contributed by atoms with Crippen LogP contribution in [0.4, 0.5) is 0 Å². The largest absolute Gasteiger partial charge is 0.494 e. The average molecular weight is 482 g/mol. The Balaban J connectivity index is 1.47. The number of rotatable bonds is 8. The summed E-state index contributed by atoms with van der Waals surface area (Å²) in [4.78, 5) is 29.3. The van der Waals surface area contributed by atoms with Crippen molar-refractivity contribution in [3.8, 4) is 5.75 Å². The van der Waals surface area contributed by atoms with Gasteiger partial charge in [-0.2, -0.15) is 0 Å². The number of carbonyl (C=O) groups excluding carboxylic acids is 2. The molecule has 1 N–H and O–H groups in total. The smallest absolute Gasteiger partial charge is 0.271 e. The van der Waals surface area contributed by atoms with Gasteiger partial charge in [-0.25, -0.2) is 0 Å². The second-order valence-corrected chi connectivity index (χ2v) is 9.50. The predicted octanol–water partition coefficient (Wildman–Crippen LogP) is 5.16. The Bertz CT molecular complexity index is 1380. The van der Waals surface area contributed by atoms with Crippen LogP contribution in [0.3, 0.4) is 0 Å². The van der Waals surface area contributed by atoms with Crippen molar-refractivity contribution in [1.82, 2.24) is 14.8 Å². The lowest BCUT2D eigenvalue weighted by Crippen LogP contribution is -2.63. The van der Waals surface area contributed by atoms with Gasteiger partial charge in [-0.3, -0.25) is 9.59 Å². The number of nitrogens with one attached hydrogen (secondary N) is 1. The van der Waals surface area contributed by atoms with Crippen LogP contribution in [-0.2, 0) is 24.4 Å². The zero-order chi connectivity index (χ0) is 25.1. The molecule has 0 fully saturated rings. The highest BCUT2D eigenvalue weighted by Crippen LogP contribution is 2.33. The molecule has 0 saturated heterocycles. The molecule has 1 unspecified atom stereocenters. The SMILES string of the molecule is CCCOc1ccc(CN2C(=O)c3cc4ccccc4n3CC2(C)C(=O)NCc2ccccc2)cc1. The van der Waals surface area contributed by atoms with E-state index in [1.807, 2.05) is 96.4 Å². The van der Waals surface area contributed by atoms with Crippen molar-refractivity contribution < 1.29 is 14.3 Å². The third-order valence-corrected chi connectivity index (χ3v) is 6.86. The molecule has 0 radical (unpaired) electrons. The van der Waals surface area contributed by atoms with Crippen molar-refractivity contribution in [1.29, 1.82) is 0 Å². The lowest BCUT2D eigenvalue weighted by Gasteiger charge is -2.44. The van der Waals surface area contributed by atoms with Gasteiger partial charge in [0.15, 0.2) is 0 Å². The molecule has 1 aliphatic heterocycles. The molecular formula is C30H31N3O3. The molecule has 0 saturated carbocycles. The van der Waals surface area contributed by atoms with Crippen LogP contribution in [0.25, 0.3) is 10.9 Å². The topological polar surface area (TPSA) is 63.6 Å². The molecule has 0 aliphatic carbocycles. The Morgan fingerprint density at radius 2 is 1.69 bits per heavy atom. The standard InChI is InChI=1S/C30H31N3O3/c1-3-17-36-25-15-13-23(14-16-25)20-33-28(34)27-18-24-11-7-8-12-26(24)32(27)21-30(33,2)29(35)31-19-22-9-5-4-6-10-22/h4-16,18H,3,17,19-21H2,1-2H3,(H,31,35). The highest BCUT2D eigenvalue weighted by Gasteiger charge is 2.47. The molecule has 184 valence electrons. The van der Waals surface area contributed by atoms with Gasteiger partial charge >= 0.3 is 0 Å². The molecule has 3 aromatic carbocycles. The van der Waals surface area contributed by atoms with Crippen LogP contribution in [0.15, 0.2) is 84.9 Å². The Morgan fingerprint density at radius 3 is 2.44 bits per heavy atom. The number of ether oxygens (including phenoxy) is 1. The molecule has 1 atom stereocenters. The van der Waals surface area contributed by atoms with Crippen LogP contribution in [0.2, 0.25) is 0 Å². The van der Waals surface area contributed by atoms with Gasteiger partial charge in [0.05, 0.1) is 13.2 Å². The normalized spacial score (nSPS) is 17.2. The molecular weight excluding hydrogens is 450 g/mol. The van der Waals surface area contributed by atoms with Gasteiger partial charge in [-0.1, -0.05) is 67.6 Å². The fourth-order valence-corrected chi connectivity index (χ4v) is 4.82. The van der Waals surface area contributed by atoms with E-state index in [9.17, 15) is 9.59 Å². The number of amides is 2. The summed E-state index contributed by atoms with van der Waals surface area (Å²) in [6.07, 6.45) is 0.939. The fourth-order valence-electron chi connectivity index (χ4n) is 4.82. The first-order valence-corrected chi connectivity index (χ1v) is 12.4. The Kier molecular flexibility index (Phi) is 6.51. The van der Waals surface area contributed by atoms with Gasteiger partial charge in [0.25, 0.3) is 5.91 Å². The fraction of sp³-hybridized carbons (Fsp3) is 0.267. The quantitative estimate of drug-likeness (QED) is 0.378. The summed E-state index contributed by atoms with van der Waals surface area (Å²) in [6, 6.07) is 27.4. The molecule has 2 amide bonds. The van der Waals surface area contributed by atoms with E-state index in [-0.39, 0.29) is 11.8 Å². The number of hydrogen-bond donors (Lipinski definition) is 1. The first-order valence-electron chi connectivity index (χ1n) is 12.4. The minimum absolute atomic E-state index is 0.152. The van der Waals surface area contributed by atoms with E-state index in [4.69, 9.17) is 4.74 Å². The zero-order valence-electron chi connectivity index (χ0n) is 20.7. The summed E-state index contributed by atoms with van der Waals surface area (Å²) in [6.45, 7) is 5.69. The summed E-state index contributed by atoms with van der Waals surface area (Å²) in [5.41, 5.74) is 2.45. The highest BCUT2D eigenvalue weighted by molar-refractivity contribution is 6.03. The minimum atomic E-state index is -1.07. The van der Waals surface area contributed by atoms with Crippen molar-refractivity contribution in [2.24, 2.45) is 0 Å². The average Bonchev–Trinajstić information content (AvgIpc) is 3.28. The molecule has 6 nitrogen and oxygen atoms in total. The van der Waals surface area contributed by atoms with Crippen molar-refractivity contribution >= 4 is 22.7 Å². The first kappa shape index (κ1) is 23.7. The number of carbonyl (C=O) groups is 2. The van der Waals surface area contributed by atoms with Gasteiger partial charge in [-0.15, -0.1) is 0 Å². The number of hydrogen-bond acceptors (Lipinski definition) is 3. The summed E-state index contributed by atoms with van der Waals surface area (Å²) >= 11 is 0. The number of nitrogens with zero attached hydrogens (tertiary/aromatic N) is 2. The lowest BCUT2D eigenvalue weighted by molar-refractivity contribution is -0.133. The molecule has 4 aromatic rings. The Hall–Kier alpha value is -4.06. The maximum absolute atomic E-state index is 13.9. The molecule has 2 heterocycles. The van der Waals surface area contributed by atoms with Crippen molar-refractivity contribution in [3.63, 3.8) is 0 Å². The summed E-state index contributed by atoms with van der Waals surface area (Å²) in [5.74, 6) is 0.473. The van der Waals surface area contributed by atoms with Crippen LogP contribution in [0.5, 0.6) is 5.75 Å². The summed E-state index contributed by atoms with van der Waals surface area (Å²) in [5, 5.41) is 4.08. The van der Waals surface area contributed by atoms with Crippen LogP contribution in [0, 0.1) is 0 Å². The second kappa shape index (κ2) is 9.90. The summed E-state index contributed by atoms with van der Waals surface area (Å²) in [7, 11) is 0. The maximum Gasteiger partial charge on any atom is 0.271 e. The van der Waals surface area contributed by atoms with E-state index in [1.54, 1.807) is 4.90 Å². The molecule has 1 aliphatic rings. The monoisotopic (exact) mass is 481 g/mol. The summed E-state index contributed by atoms with van der Waals surface area (Å²) < 4.78 is 7.69. The second-order valence-electron chi connectivity index (χ2n) is 9.50. The van der Waals surface area contributed by atoms with E-state index < -0.39 is 5.54 Å². The molecule has 36 heavy (non-hydrogen) atoms. The van der Waals surface area contributed by atoms with E-state index in [1.165, 1.54) is 0 Å². The maximum atomic E-state index is 13.9. The number of benzene rings is 3. The highest BCUT2D eigenvalue weighted by atomic mass is 16.5. The van der Waals surface area contributed by atoms with Crippen LogP contribution in [-0.4, -0.2) is 33.4 Å². The van der Waals surface area contributed by atoms with E-state index in [0.29, 0.717) is 31.9 Å². The molecule has 0 spiro atoms. The zero-order valence-corrected chi connectivity index (χ0v) is 20.7.